The molecule has 0 aliphatic carbocycles. The normalized spacial score (nSPS) is 34.5. The second-order valence-electron chi connectivity index (χ2n) is 11.2. The number of hydrogen-bond acceptors (Lipinski definition) is 7. The Hall–Kier alpha value is -3.50. The summed E-state index contributed by atoms with van der Waals surface area (Å²) in [5, 5.41) is 12.8. The molecule has 0 radical (unpaired) electrons. The maximum atomic E-state index is 14.2. The molecule has 1 aromatic carbocycles. The molecule has 3 amide bonds. The van der Waals surface area contributed by atoms with Crippen LogP contribution in [0.3, 0.4) is 0 Å². The zero-order valence-corrected chi connectivity index (χ0v) is 23.6. The molecule has 41 heavy (non-hydrogen) atoms. The van der Waals surface area contributed by atoms with Gasteiger partial charge in [0, 0.05) is 26.1 Å². The highest BCUT2D eigenvalue weighted by atomic mass is 16.6. The van der Waals surface area contributed by atoms with Crippen molar-refractivity contribution in [2.24, 2.45) is 11.8 Å². The summed E-state index contributed by atoms with van der Waals surface area (Å²) in [4.78, 5) is 57.9. The Morgan fingerprint density at radius 3 is 2.59 bits per heavy atom. The number of carbonyl (C=O) groups excluding carboxylic acids is 4. The van der Waals surface area contributed by atoms with E-state index in [4.69, 9.17) is 9.47 Å². The van der Waals surface area contributed by atoms with E-state index in [9.17, 15) is 24.3 Å². The molecule has 220 valence electrons. The summed E-state index contributed by atoms with van der Waals surface area (Å²) >= 11 is 0. The average Bonchev–Trinajstić information content (AvgIpc) is 3.60. The van der Waals surface area contributed by atoms with Gasteiger partial charge in [0.15, 0.2) is 0 Å². The van der Waals surface area contributed by atoms with E-state index in [1.54, 1.807) is 24.0 Å². The van der Waals surface area contributed by atoms with Crippen LogP contribution in [0, 0.1) is 11.8 Å². The molecule has 2 fully saturated rings. The number of aliphatic hydroxyl groups excluding tert-OH is 1. The standard InChI is InChI=1S/C31H39N3O7/c1-3-4-16-33-17-10-6-9-13-23(36)32-20(2)26(21-11-7-5-8-12-21)40-30(39)24-22-14-15-31(41-22)25(24)28(37)34(18-19-35)27(31)29(33)38/h5-8,10-12,14-15,20,22,24-27,35H,3-4,9,13,16-19H2,1-2H3,(H,32,36)/b10-6-/t20-,22+,24-,25-,26+,27+,31-/m1/s1. The van der Waals surface area contributed by atoms with Gasteiger partial charge in [0.2, 0.25) is 17.7 Å². The Balaban J connectivity index is 1.56. The number of allylic oxidation sites excluding steroid dienone is 1. The zero-order valence-electron chi connectivity index (χ0n) is 23.6. The number of carbonyl (C=O) groups is 4. The van der Waals surface area contributed by atoms with E-state index in [0.717, 1.165) is 12.8 Å². The number of fused-ring (bicyclic) bond motifs is 2. The Labute approximate surface area is 240 Å². The SMILES string of the molecule is CCCCN1C/C=C\CCC(=O)N[C@H](C)[C@@H](c2ccccc2)OC(=O)[C@@H]2[C@@H]3C=C[C@]4(O3)[C@H](C1=O)N(CCO)C(=O)[C@@H]24. The summed E-state index contributed by atoms with van der Waals surface area (Å²) < 4.78 is 12.5. The molecular weight excluding hydrogens is 526 g/mol. The zero-order chi connectivity index (χ0) is 29.1. The summed E-state index contributed by atoms with van der Waals surface area (Å²) in [6, 6.07) is 7.61. The number of nitrogens with one attached hydrogen (secondary N) is 1. The minimum absolute atomic E-state index is 0.0513. The first-order valence-electron chi connectivity index (χ1n) is 14.6. The van der Waals surface area contributed by atoms with Crippen molar-refractivity contribution in [1.29, 1.82) is 0 Å². The number of hydrogen-bond donors (Lipinski definition) is 2. The van der Waals surface area contributed by atoms with Crippen molar-refractivity contribution in [3.05, 3.63) is 60.2 Å². The summed E-state index contributed by atoms with van der Waals surface area (Å²) in [5.74, 6) is -3.44. The number of ether oxygens (including phenoxy) is 2. The van der Waals surface area contributed by atoms with Gasteiger partial charge in [0.25, 0.3) is 0 Å². The van der Waals surface area contributed by atoms with Crippen molar-refractivity contribution in [3.8, 4) is 0 Å². The first-order valence-corrected chi connectivity index (χ1v) is 14.6. The van der Waals surface area contributed by atoms with Gasteiger partial charge in [-0.2, -0.15) is 0 Å². The first kappa shape index (κ1) is 29.0. The van der Waals surface area contributed by atoms with Crippen LogP contribution in [0.2, 0.25) is 0 Å². The molecule has 0 unspecified atom stereocenters. The van der Waals surface area contributed by atoms with E-state index in [1.807, 2.05) is 49.4 Å². The van der Waals surface area contributed by atoms with Gasteiger partial charge in [-0.25, -0.2) is 0 Å². The molecular formula is C31H39N3O7. The van der Waals surface area contributed by atoms with Crippen LogP contribution in [0.4, 0.5) is 0 Å². The third kappa shape index (κ3) is 5.30. The maximum Gasteiger partial charge on any atom is 0.313 e. The smallest absolute Gasteiger partial charge is 0.313 e. The van der Waals surface area contributed by atoms with Crippen LogP contribution < -0.4 is 5.32 Å². The lowest BCUT2D eigenvalue weighted by Gasteiger charge is -2.35. The highest BCUT2D eigenvalue weighted by Gasteiger charge is 2.73. The summed E-state index contributed by atoms with van der Waals surface area (Å²) in [6.45, 7) is 4.23. The monoisotopic (exact) mass is 565 g/mol. The Morgan fingerprint density at radius 1 is 1.07 bits per heavy atom. The fourth-order valence-corrected chi connectivity index (χ4v) is 6.62. The number of esters is 1. The lowest BCUT2D eigenvalue weighted by Crippen LogP contribution is -2.56. The van der Waals surface area contributed by atoms with E-state index in [1.165, 1.54) is 4.90 Å². The molecule has 4 aliphatic heterocycles. The second-order valence-corrected chi connectivity index (χ2v) is 11.2. The first-order chi connectivity index (χ1) is 19.8. The fraction of sp³-hybridized carbons (Fsp3) is 0.548. The molecule has 0 aromatic heterocycles. The van der Waals surface area contributed by atoms with Gasteiger partial charge in [-0.1, -0.05) is 68.0 Å². The maximum absolute atomic E-state index is 14.2. The van der Waals surface area contributed by atoms with Gasteiger partial charge in [-0.05, 0) is 25.3 Å². The van der Waals surface area contributed by atoms with Gasteiger partial charge >= 0.3 is 5.97 Å². The van der Waals surface area contributed by atoms with Crippen LogP contribution in [0.5, 0.6) is 0 Å². The highest BCUT2D eigenvalue weighted by Crippen LogP contribution is 2.55. The van der Waals surface area contributed by atoms with Crippen molar-refractivity contribution in [2.75, 3.05) is 26.2 Å². The molecule has 10 nitrogen and oxygen atoms in total. The molecule has 1 aromatic rings. The number of benzene rings is 1. The highest BCUT2D eigenvalue weighted by molar-refractivity contribution is 5.99. The van der Waals surface area contributed by atoms with E-state index < -0.39 is 53.6 Å². The van der Waals surface area contributed by atoms with Gasteiger partial charge in [-0.3, -0.25) is 19.2 Å². The quantitative estimate of drug-likeness (QED) is 0.399. The van der Waals surface area contributed by atoms with Crippen LogP contribution in [0.25, 0.3) is 0 Å². The van der Waals surface area contributed by atoms with E-state index in [-0.39, 0.29) is 31.4 Å². The third-order valence-electron chi connectivity index (χ3n) is 8.56. The summed E-state index contributed by atoms with van der Waals surface area (Å²) in [6.07, 6.45) is 8.08. The van der Waals surface area contributed by atoms with Gasteiger partial charge < -0.3 is 29.7 Å². The number of aliphatic hydroxyl groups is 1. The molecule has 5 bridgehead atoms. The van der Waals surface area contributed by atoms with Crippen LogP contribution >= 0.6 is 0 Å². The summed E-state index contributed by atoms with van der Waals surface area (Å²) in [5.41, 5.74) is -0.623. The van der Waals surface area contributed by atoms with E-state index in [0.29, 0.717) is 25.1 Å². The number of unbranched alkanes of at least 4 members (excludes halogenated alkanes) is 1. The van der Waals surface area contributed by atoms with Crippen LogP contribution in [-0.4, -0.2) is 88.6 Å². The number of β-amino-alcohol motifs (C(OH)–C–C–N with tert-alkyl or cyclic N) is 1. The minimum Gasteiger partial charge on any atom is -0.455 e. The molecule has 0 saturated carbocycles. The molecule has 2 saturated heterocycles. The largest absolute Gasteiger partial charge is 0.455 e. The Bertz CT molecular complexity index is 1220. The van der Waals surface area contributed by atoms with Crippen molar-refractivity contribution in [3.63, 3.8) is 0 Å². The predicted octanol–water partition coefficient (Wildman–Crippen LogP) is 1.90. The van der Waals surface area contributed by atoms with E-state index in [2.05, 4.69) is 5.32 Å². The number of nitrogens with zero attached hydrogens (tertiary/aromatic N) is 2. The number of cyclic esters (lactones) is 1. The Kier molecular flexibility index (Phi) is 8.60. The molecule has 10 heteroatoms. The average molecular weight is 566 g/mol. The van der Waals surface area contributed by atoms with Crippen LogP contribution in [-0.2, 0) is 28.7 Å². The van der Waals surface area contributed by atoms with Crippen molar-refractivity contribution < 1.29 is 33.8 Å². The van der Waals surface area contributed by atoms with Crippen molar-refractivity contribution >= 4 is 23.7 Å². The van der Waals surface area contributed by atoms with Crippen LogP contribution in [0.15, 0.2) is 54.6 Å². The lowest BCUT2D eigenvalue weighted by atomic mass is 9.74. The number of rotatable bonds is 6. The number of amides is 3. The molecule has 4 heterocycles. The Morgan fingerprint density at radius 2 is 1.85 bits per heavy atom. The predicted molar refractivity (Wildman–Crippen MR) is 149 cm³/mol. The topological polar surface area (TPSA) is 125 Å². The van der Waals surface area contributed by atoms with Crippen LogP contribution in [0.1, 0.15) is 51.2 Å². The minimum atomic E-state index is -1.33. The van der Waals surface area contributed by atoms with E-state index >= 15 is 0 Å². The summed E-state index contributed by atoms with van der Waals surface area (Å²) in [7, 11) is 0. The number of likely N-dealkylation sites (tertiary alicyclic amines) is 1. The lowest BCUT2D eigenvalue weighted by molar-refractivity contribution is -0.161. The van der Waals surface area contributed by atoms with Gasteiger partial charge in [0.1, 0.15) is 23.7 Å². The molecule has 4 aliphatic rings. The van der Waals surface area contributed by atoms with Crippen molar-refractivity contribution in [1.82, 2.24) is 15.1 Å². The third-order valence-corrected chi connectivity index (χ3v) is 8.56. The second kappa shape index (κ2) is 12.2. The molecule has 5 rings (SSSR count). The van der Waals surface area contributed by atoms with Gasteiger partial charge in [-0.15, -0.1) is 0 Å². The molecule has 1 spiro atoms. The fourth-order valence-electron chi connectivity index (χ4n) is 6.62. The van der Waals surface area contributed by atoms with Crippen molar-refractivity contribution in [2.45, 2.75) is 69.4 Å². The molecule has 7 atom stereocenters. The van der Waals surface area contributed by atoms with Gasteiger partial charge in [0.05, 0.1) is 24.7 Å². The molecule has 2 N–H and O–H groups in total.